The van der Waals surface area contributed by atoms with E-state index in [2.05, 4.69) is 15.3 Å². The number of halogens is 1. The Morgan fingerprint density at radius 1 is 1.52 bits per heavy atom. The summed E-state index contributed by atoms with van der Waals surface area (Å²) in [5, 5.41) is 6.60. The van der Waals surface area contributed by atoms with E-state index in [-0.39, 0.29) is 11.7 Å². The van der Waals surface area contributed by atoms with Gasteiger partial charge < -0.3 is 9.88 Å². The van der Waals surface area contributed by atoms with Gasteiger partial charge in [-0.15, -0.1) is 11.3 Å². The normalized spacial score (nSPS) is 11.0. The molecule has 0 aliphatic heterocycles. The minimum atomic E-state index is -0.0972. The number of aromatic nitrogens is 3. The molecule has 0 unspecified atom stereocenters. The minimum absolute atomic E-state index is 0.0972. The van der Waals surface area contributed by atoms with Crippen LogP contribution < -0.4 is 5.32 Å². The topological polar surface area (TPSA) is 59.8 Å². The van der Waals surface area contributed by atoms with Crippen LogP contribution in [0, 0.1) is 0 Å². The van der Waals surface area contributed by atoms with Gasteiger partial charge in [-0.1, -0.05) is 23.4 Å². The van der Waals surface area contributed by atoms with E-state index in [0.29, 0.717) is 10.2 Å². The summed E-state index contributed by atoms with van der Waals surface area (Å²) in [7, 11) is 1.92. The molecule has 3 rings (SSSR count). The molecule has 1 amide bonds. The van der Waals surface area contributed by atoms with Crippen molar-refractivity contribution >= 4 is 56.8 Å². The average molecular weight is 339 g/mol. The lowest BCUT2D eigenvalue weighted by molar-refractivity contribution is -0.113. The Labute approximate surface area is 134 Å². The first kappa shape index (κ1) is 14.4. The van der Waals surface area contributed by atoms with E-state index >= 15 is 0 Å². The first-order chi connectivity index (χ1) is 10.1. The number of rotatable bonds is 4. The van der Waals surface area contributed by atoms with Crippen molar-refractivity contribution in [2.75, 3.05) is 11.1 Å². The zero-order valence-electron chi connectivity index (χ0n) is 11.0. The van der Waals surface area contributed by atoms with Gasteiger partial charge in [0.25, 0.3) is 0 Å². The predicted octanol–water partition coefficient (Wildman–Crippen LogP) is 3.41. The Balaban J connectivity index is 1.70. The first-order valence-corrected chi connectivity index (χ1v) is 8.32. The van der Waals surface area contributed by atoms with Crippen LogP contribution in [-0.2, 0) is 11.8 Å². The van der Waals surface area contributed by atoms with E-state index in [1.54, 1.807) is 6.20 Å². The maximum atomic E-state index is 11.8. The Hall–Kier alpha value is -1.57. The summed E-state index contributed by atoms with van der Waals surface area (Å²) < 4.78 is 1.95. The van der Waals surface area contributed by atoms with Crippen LogP contribution in [0.1, 0.15) is 0 Å². The molecule has 21 heavy (non-hydrogen) atoms. The second-order valence-electron chi connectivity index (χ2n) is 4.26. The first-order valence-electron chi connectivity index (χ1n) is 6.07. The summed E-state index contributed by atoms with van der Waals surface area (Å²) in [4.78, 5) is 20.3. The van der Waals surface area contributed by atoms with Crippen molar-refractivity contribution in [3.63, 3.8) is 0 Å². The van der Waals surface area contributed by atoms with Gasteiger partial charge >= 0.3 is 0 Å². The Kier molecular flexibility index (Phi) is 4.14. The summed E-state index contributed by atoms with van der Waals surface area (Å²) in [5.41, 5.74) is 1.81. The van der Waals surface area contributed by atoms with Crippen LogP contribution in [0.5, 0.6) is 0 Å². The van der Waals surface area contributed by atoms with E-state index in [1.807, 2.05) is 35.2 Å². The monoisotopic (exact) mass is 338 g/mol. The number of carbonyl (C=O) groups is 1. The van der Waals surface area contributed by atoms with Crippen molar-refractivity contribution in [1.82, 2.24) is 14.5 Å². The highest BCUT2D eigenvalue weighted by Gasteiger charge is 2.11. The summed E-state index contributed by atoms with van der Waals surface area (Å²) in [6.45, 7) is 0. The standard InChI is InChI=1S/C13H11ClN4OS2/c1-18-10-3-2-8(14)6-9(10)16-13(18)21-7-11(19)17-12-15-4-5-20-12/h2-6H,7H2,1H3,(H,15,17,19). The number of hydrogen-bond acceptors (Lipinski definition) is 5. The van der Waals surface area contributed by atoms with Crippen LogP contribution in [0.15, 0.2) is 34.9 Å². The van der Waals surface area contributed by atoms with Gasteiger partial charge in [0.1, 0.15) is 0 Å². The van der Waals surface area contributed by atoms with Gasteiger partial charge in [0.2, 0.25) is 5.91 Å². The van der Waals surface area contributed by atoms with E-state index in [1.165, 1.54) is 23.1 Å². The van der Waals surface area contributed by atoms with E-state index in [4.69, 9.17) is 11.6 Å². The molecule has 1 N–H and O–H groups in total. The molecule has 0 radical (unpaired) electrons. The molecular formula is C13H11ClN4OS2. The van der Waals surface area contributed by atoms with Crippen molar-refractivity contribution < 1.29 is 4.79 Å². The number of thiazole rings is 1. The predicted molar refractivity (Wildman–Crippen MR) is 87.2 cm³/mol. The van der Waals surface area contributed by atoms with Gasteiger partial charge in [-0.25, -0.2) is 9.97 Å². The molecule has 5 nitrogen and oxygen atoms in total. The zero-order chi connectivity index (χ0) is 14.8. The van der Waals surface area contributed by atoms with Gasteiger partial charge in [-0.05, 0) is 18.2 Å². The van der Waals surface area contributed by atoms with Crippen molar-refractivity contribution in [2.45, 2.75) is 5.16 Å². The fourth-order valence-electron chi connectivity index (χ4n) is 1.85. The van der Waals surface area contributed by atoms with E-state index in [0.717, 1.165) is 16.2 Å². The molecule has 2 heterocycles. The molecule has 1 aromatic carbocycles. The van der Waals surface area contributed by atoms with Crippen LogP contribution in [-0.4, -0.2) is 26.2 Å². The SMILES string of the molecule is Cn1c(SCC(=O)Nc2nccs2)nc2cc(Cl)ccc21. The third kappa shape index (κ3) is 3.20. The Morgan fingerprint density at radius 3 is 3.14 bits per heavy atom. The molecule has 0 bridgehead atoms. The van der Waals surface area contributed by atoms with Gasteiger partial charge in [-0.3, -0.25) is 4.79 Å². The second kappa shape index (κ2) is 6.05. The third-order valence-electron chi connectivity index (χ3n) is 2.81. The number of carbonyl (C=O) groups excluding carboxylic acids is 1. The summed E-state index contributed by atoms with van der Waals surface area (Å²) in [6, 6.07) is 5.57. The number of imidazole rings is 1. The molecule has 3 aromatic rings. The average Bonchev–Trinajstić information content (AvgIpc) is 3.05. The molecule has 0 atom stereocenters. The fourth-order valence-corrected chi connectivity index (χ4v) is 3.35. The van der Waals surface area contributed by atoms with Crippen LogP contribution in [0.2, 0.25) is 5.02 Å². The van der Waals surface area contributed by atoms with E-state index in [9.17, 15) is 4.79 Å². The van der Waals surface area contributed by atoms with Gasteiger partial charge in [-0.2, -0.15) is 0 Å². The van der Waals surface area contributed by atoms with Crippen molar-refractivity contribution in [3.8, 4) is 0 Å². The number of aryl methyl sites for hydroxylation is 1. The lowest BCUT2D eigenvalue weighted by atomic mass is 10.3. The number of amides is 1. The largest absolute Gasteiger partial charge is 0.322 e. The highest BCUT2D eigenvalue weighted by atomic mass is 35.5. The smallest absolute Gasteiger partial charge is 0.236 e. The zero-order valence-corrected chi connectivity index (χ0v) is 13.4. The van der Waals surface area contributed by atoms with Crippen molar-refractivity contribution in [2.24, 2.45) is 7.05 Å². The highest BCUT2D eigenvalue weighted by Crippen LogP contribution is 2.25. The van der Waals surface area contributed by atoms with Crippen molar-refractivity contribution in [1.29, 1.82) is 0 Å². The number of nitrogens with one attached hydrogen (secondary N) is 1. The summed E-state index contributed by atoms with van der Waals surface area (Å²) in [6.07, 6.45) is 1.66. The van der Waals surface area contributed by atoms with Crippen molar-refractivity contribution in [3.05, 3.63) is 34.8 Å². The molecule has 108 valence electrons. The molecule has 2 aromatic heterocycles. The fraction of sp³-hybridized carbons (Fsp3) is 0.154. The molecule has 0 fully saturated rings. The number of hydrogen-bond donors (Lipinski definition) is 1. The number of benzene rings is 1. The number of anilines is 1. The maximum Gasteiger partial charge on any atom is 0.236 e. The van der Waals surface area contributed by atoms with Crippen LogP contribution in [0.3, 0.4) is 0 Å². The lowest BCUT2D eigenvalue weighted by Gasteiger charge is -2.02. The molecule has 0 spiro atoms. The molecule has 0 saturated carbocycles. The third-order valence-corrected chi connectivity index (χ3v) is 4.77. The van der Waals surface area contributed by atoms with Crippen LogP contribution in [0.4, 0.5) is 5.13 Å². The highest BCUT2D eigenvalue weighted by molar-refractivity contribution is 7.99. The summed E-state index contributed by atoms with van der Waals surface area (Å²) in [5.74, 6) is 0.185. The molecule has 0 saturated heterocycles. The molecule has 8 heteroatoms. The van der Waals surface area contributed by atoms with E-state index < -0.39 is 0 Å². The Morgan fingerprint density at radius 2 is 2.38 bits per heavy atom. The molecule has 0 aliphatic carbocycles. The number of thioether (sulfide) groups is 1. The molecule has 0 aliphatic rings. The lowest BCUT2D eigenvalue weighted by Crippen LogP contribution is -2.14. The number of fused-ring (bicyclic) bond motifs is 1. The van der Waals surface area contributed by atoms with Gasteiger partial charge in [0.15, 0.2) is 10.3 Å². The quantitative estimate of drug-likeness (QED) is 0.740. The minimum Gasteiger partial charge on any atom is -0.322 e. The van der Waals surface area contributed by atoms with Gasteiger partial charge in [0.05, 0.1) is 16.8 Å². The van der Waals surface area contributed by atoms with Crippen LogP contribution >= 0.6 is 34.7 Å². The van der Waals surface area contributed by atoms with Gasteiger partial charge in [0, 0.05) is 23.6 Å². The molecular weight excluding hydrogens is 328 g/mol. The maximum absolute atomic E-state index is 11.8. The summed E-state index contributed by atoms with van der Waals surface area (Å²) >= 11 is 8.74. The second-order valence-corrected chi connectivity index (χ2v) is 6.53. The Bertz CT molecular complexity index is 785. The number of nitrogens with zero attached hydrogens (tertiary/aromatic N) is 3. The van der Waals surface area contributed by atoms with Crippen LogP contribution in [0.25, 0.3) is 11.0 Å².